The van der Waals surface area contributed by atoms with Crippen LogP contribution in [0.1, 0.15) is 51.5 Å². The topological polar surface area (TPSA) is 114 Å². The van der Waals surface area contributed by atoms with Gasteiger partial charge in [-0.25, -0.2) is 4.79 Å². The number of anilines is 1. The van der Waals surface area contributed by atoms with Crippen molar-refractivity contribution in [1.29, 1.82) is 0 Å². The highest BCUT2D eigenvalue weighted by Crippen LogP contribution is 2.48. The molecule has 1 aromatic heterocycles. The van der Waals surface area contributed by atoms with E-state index in [4.69, 9.17) is 11.5 Å². The number of nitrogens with two attached hydrogens (primary N) is 2. The second-order valence-corrected chi connectivity index (χ2v) is 12.2. The SMILES string of the molecule is CC(C)(N)C(=O)N1CCN(c2ccn(-c3ccc(CCCN4CCC5(CC4)CC(N)C5)cc3)c(=O)n2)CC1. The molecule has 3 fully saturated rings. The van der Waals surface area contributed by atoms with E-state index in [1.807, 2.05) is 23.1 Å². The van der Waals surface area contributed by atoms with Gasteiger partial charge in [0.1, 0.15) is 5.82 Å². The zero-order chi connectivity index (χ0) is 26.9. The average Bonchev–Trinajstić information content (AvgIpc) is 2.89. The van der Waals surface area contributed by atoms with Gasteiger partial charge in [0.2, 0.25) is 5.91 Å². The molecule has 4 N–H and O–H groups in total. The maximum atomic E-state index is 12.8. The molecule has 2 aromatic rings. The summed E-state index contributed by atoms with van der Waals surface area (Å²) in [5.41, 5.74) is 13.5. The Balaban J connectivity index is 1.10. The van der Waals surface area contributed by atoms with E-state index < -0.39 is 5.54 Å². The van der Waals surface area contributed by atoms with Gasteiger partial charge in [0, 0.05) is 38.4 Å². The Labute approximate surface area is 225 Å². The minimum Gasteiger partial charge on any atom is -0.353 e. The van der Waals surface area contributed by atoms with Crippen molar-refractivity contribution in [2.24, 2.45) is 16.9 Å². The summed E-state index contributed by atoms with van der Waals surface area (Å²) in [6.07, 6.45) is 9.03. The molecular weight excluding hydrogens is 478 g/mol. The Hall–Kier alpha value is -2.75. The Kier molecular flexibility index (Phi) is 7.62. The summed E-state index contributed by atoms with van der Waals surface area (Å²) in [5.74, 6) is 0.591. The number of carbonyl (C=O) groups excluding carboxylic acids is 1. The number of carbonyl (C=O) groups is 1. The molecule has 1 spiro atoms. The van der Waals surface area contributed by atoms with Crippen molar-refractivity contribution < 1.29 is 4.79 Å². The van der Waals surface area contributed by atoms with Crippen LogP contribution in [0.2, 0.25) is 0 Å². The van der Waals surface area contributed by atoms with Crippen LogP contribution in [-0.2, 0) is 11.2 Å². The van der Waals surface area contributed by atoms with Crippen LogP contribution < -0.4 is 22.1 Å². The third kappa shape index (κ3) is 5.95. The summed E-state index contributed by atoms with van der Waals surface area (Å²) >= 11 is 0. The van der Waals surface area contributed by atoms with E-state index >= 15 is 0 Å². The van der Waals surface area contributed by atoms with Crippen LogP contribution in [0, 0.1) is 5.41 Å². The first-order chi connectivity index (χ1) is 18.1. The third-order valence-electron chi connectivity index (χ3n) is 8.69. The van der Waals surface area contributed by atoms with Crippen LogP contribution in [0.4, 0.5) is 5.82 Å². The smallest absolute Gasteiger partial charge is 0.353 e. The minimum atomic E-state index is -0.877. The van der Waals surface area contributed by atoms with Gasteiger partial charge in [-0.3, -0.25) is 9.36 Å². The van der Waals surface area contributed by atoms with Gasteiger partial charge in [-0.15, -0.1) is 0 Å². The summed E-state index contributed by atoms with van der Waals surface area (Å²) in [4.78, 5) is 36.0. The molecule has 2 aliphatic heterocycles. The average molecular weight is 522 g/mol. The lowest BCUT2D eigenvalue weighted by atomic mass is 9.61. The standard InChI is InChI=1S/C29H43N7O2/c1-28(2,31)26(37)35-18-16-34(17-19-35)25-9-13-36(27(38)32-25)24-7-5-22(6-8-24)4-3-12-33-14-10-29(11-15-33)20-23(30)21-29/h5-9,13,23H,3-4,10-12,14-21,30-31H2,1-2H3. The number of nitrogens with zero attached hydrogens (tertiary/aromatic N) is 5. The molecule has 206 valence electrons. The second-order valence-electron chi connectivity index (χ2n) is 12.2. The van der Waals surface area contributed by atoms with Crippen molar-refractivity contribution in [2.45, 2.75) is 64.0 Å². The van der Waals surface area contributed by atoms with Crippen LogP contribution in [-0.4, -0.2) is 82.7 Å². The molecule has 0 bridgehead atoms. The molecule has 38 heavy (non-hydrogen) atoms. The molecule has 1 amide bonds. The van der Waals surface area contributed by atoms with Crippen molar-refractivity contribution >= 4 is 11.7 Å². The van der Waals surface area contributed by atoms with E-state index in [0.29, 0.717) is 43.5 Å². The Morgan fingerprint density at radius 3 is 2.26 bits per heavy atom. The van der Waals surface area contributed by atoms with E-state index in [1.165, 1.54) is 44.3 Å². The number of hydrogen-bond acceptors (Lipinski definition) is 7. The number of aryl methyl sites for hydroxylation is 1. The normalized spacial score (nSPS) is 20.5. The first kappa shape index (κ1) is 26.8. The zero-order valence-electron chi connectivity index (χ0n) is 22.9. The molecule has 0 radical (unpaired) electrons. The number of piperazine rings is 1. The van der Waals surface area contributed by atoms with Crippen LogP contribution in [0.3, 0.4) is 0 Å². The molecule has 0 atom stereocenters. The van der Waals surface area contributed by atoms with Gasteiger partial charge in [0.05, 0.1) is 11.2 Å². The van der Waals surface area contributed by atoms with Crippen LogP contribution >= 0.6 is 0 Å². The fourth-order valence-electron chi connectivity index (χ4n) is 6.35. The maximum Gasteiger partial charge on any atom is 0.354 e. The van der Waals surface area contributed by atoms with Crippen molar-refractivity contribution in [3.05, 3.63) is 52.6 Å². The Morgan fingerprint density at radius 2 is 1.68 bits per heavy atom. The molecular formula is C29H43N7O2. The molecule has 2 saturated heterocycles. The number of hydrogen-bond donors (Lipinski definition) is 2. The van der Waals surface area contributed by atoms with Gasteiger partial charge < -0.3 is 26.2 Å². The predicted molar refractivity (Wildman–Crippen MR) is 151 cm³/mol. The first-order valence-corrected chi connectivity index (χ1v) is 14.1. The summed E-state index contributed by atoms with van der Waals surface area (Å²) in [7, 11) is 0. The highest BCUT2D eigenvalue weighted by molar-refractivity contribution is 5.85. The summed E-state index contributed by atoms with van der Waals surface area (Å²) in [6.45, 7) is 9.39. The fourth-order valence-corrected chi connectivity index (χ4v) is 6.35. The molecule has 9 nitrogen and oxygen atoms in total. The molecule has 1 saturated carbocycles. The van der Waals surface area contributed by atoms with E-state index in [0.717, 1.165) is 25.1 Å². The molecule has 3 aliphatic rings. The van der Waals surface area contributed by atoms with Gasteiger partial charge in [-0.05, 0) is 101 Å². The van der Waals surface area contributed by atoms with Crippen molar-refractivity contribution in [1.82, 2.24) is 19.4 Å². The molecule has 0 unspecified atom stereocenters. The molecule has 5 rings (SSSR count). The van der Waals surface area contributed by atoms with Gasteiger partial charge >= 0.3 is 5.69 Å². The molecule has 3 heterocycles. The monoisotopic (exact) mass is 521 g/mol. The second kappa shape index (κ2) is 10.8. The highest BCUT2D eigenvalue weighted by atomic mass is 16.2. The number of piperidine rings is 1. The summed E-state index contributed by atoms with van der Waals surface area (Å²) < 4.78 is 1.58. The largest absolute Gasteiger partial charge is 0.354 e. The van der Waals surface area contributed by atoms with E-state index in [1.54, 1.807) is 29.5 Å². The molecule has 1 aliphatic carbocycles. The number of amides is 1. The zero-order valence-corrected chi connectivity index (χ0v) is 22.9. The number of likely N-dealkylation sites (tertiary alicyclic amines) is 1. The summed E-state index contributed by atoms with van der Waals surface area (Å²) in [5, 5.41) is 0. The van der Waals surface area contributed by atoms with E-state index in [9.17, 15) is 9.59 Å². The number of aromatic nitrogens is 2. The summed E-state index contributed by atoms with van der Waals surface area (Å²) in [6, 6.07) is 10.6. The third-order valence-corrected chi connectivity index (χ3v) is 8.69. The Bertz CT molecular complexity index is 1160. The van der Waals surface area contributed by atoms with Crippen LogP contribution in [0.5, 0.6) is 0 Å². The molecule has 9 heteroatoms. The highest BCUT2D eigenvalue weighted by Gasteiger charge is 2.43. The van der Waals surface area contributed by atoms with E-state index in [-0.39, 0.29) is 11.6 Å². The van der Waals surface area contributed by atoms with Crippen LogP contribution in [0.15, 0.2) is 41.3 Å². The fraction of sp³-hybridized carbons (Fsp3) is 0.621. The first-order valence-electron chi connectivity index (χ1n) is 14.1. The lowest BCUT2D eigenvalue weighted by Gasteiger charge is -2.51. The van der Waals surface area contributed by atoms with Crippen molar-refractivity contribution in [3.63, 3.8) is 0 Å². The van der Waals surface area contributed by atoms with Crippen molar-refractivity contribution in [2.75, 3.05) is 50.7 Å². The lowest BCUT2D eigenvalue weighted by Crippen LogP contribution is -2.57. The van der Waals surface area contributed by atoms with Gasteiger partial charge in [-0.1, -0.05) is 12.1 Å². The minimum absolute atomic E-state index is 0.0528. The number of rotatable bonds is 7. The van der Waals surface area contributed by atoms with Crippen molar-refractivity contribution in [3.8, 4) is 5.69 Å². The van der Waals surface area contributed by atoms with Gasteiger partial charge in [0.15, 0.2) is 0 Å². The predicted octanol–water partition coefficient (Wildman–Crippen LogP) is 1.75. The van der Waals surface area contributed by atoms with Gasteiger partial charge in [-0.2, -0.15) is 4.98 Å². The number of benzene rings is 1. The Morgan fingerprint density at radius 1 is 1.03 bits per heavy atom. The lowest BCUT2D eigenvalue weighted by molar-refractivity contribution is -0.136. The quantitative estimate of drug-likeness (QED) is 0.571. The maximum absolute atomic E-state index is 12.8. The van der Waals surface area contributed by atoms with Crippen LogP contribution in [0.25, 0.3) is 5.69 Å². The van der Waals surface area contributed by atoms with E-state index in [2.05, 4.69) is 22.0 Å². The van der Waals surface area contributed by atoms with Gasteiger partial charge in [0.25, 0.3) is 0 Å². The molecule has 1 aromatic carbocycles.